The number of aromatic hydroxyl groups is 1. The molecule has 0 saturated carbocycles. The van der Waals surface area contributed by atoms with Gasteiger partial charge in [-0.05, 0) is 67.9 Å². The number of rotatable bonds is 6. The van der Waals surface area contributed by atoms with Crippen LogP contribution in [0.5, 0.6) is 5.75 Å². The Morgan fingerprint density at radius 2 is 1.95 bits per heavy atom. The summed E-state index contributed by atoms with van der Waals surface area (Å²) in [5, 5.41) is 14.1. The summed E-state index contributed by atoms with van der Waals surface area (Å²) >= 11 is 6.34. The zero-order valence-electron chi connectivity index (χ0n) is 20.7. The summed E-state index contributed by atoms with van der Waals surface area (Å²) in [6.07, 6.45) is -0.883. The summed E-state index contributed by atoms with van der Waals surface area (Å²) in [4.78, 5) is 24.7. The second kappa shape index (κ2) is 10.0. The highest BCUT2D eigenvalue weighted by Gasteiger charge is 2.32. The molecule has 1 aliphatic heterocycles. The largest absolute Gasteiger partial charge is 0.508 e. The van der Waals surface area contributed by atoms with E-state index in [1.165, 1.54) is 0 Å². The summed E-state index contributed by atoms with van der Waals surface area (Å²) in [5.41, 5.74) is 1.37. The van der Waals surface area contributed by atoms with E-state index in [0.29, 0.717) is 34.8 Å². The number of hydrogen-bond donors (Lipinski definition) is 2. The van der Waals surface area contributed by atoms with Crippen molar-refractivity contribution in [2.45, 2.75) is 32.1 Å². The fraction of sp³-hybridized carbons (Fsp3) is 0.296. The first kappa shape index (κ1) is 26.1. The van der Waals surface area contributed by atoms with Crippen LogP contribution in [0.3, 0.4) is 0 Å². The molecule has 11 heteroatoms. The van der Waals surface area contributed by atoms with Gasteiger partial charge in [0.1, 0.15) is 12.1 Å². The van der Waals surface area contributed by atoms with E-state index < -0.39 is 23.0 Å². The summed E-state index contributed by atoms with van der Waals surface area (Å²) in [5.74, 6) is -0.615. The number of pyridine rings is 1. The first-order valence-corrected chi connectivity index (χ1v) is 12.4. The van der Waals surface area contributed by atoms with Crippen molar-refractivity contribution in [2.75, 3.05) is 20.1 Å². The smallest absolute Gasteiger partial charge is 0.416 e. The molecule has 1 aliphatic rings. The molecule has 1 atom stereocenters. The molecule has 5 rings (SSSR count). The molecule has 0 radical (unpaired) electrons. The number of likely N-dealkylation sites (N-methyl/N-ethyl adjacent to an activating group) is 1. The molecule has 4 aromatic rings. The van der Waals surface area contributed by atoms with Gasteiger partial charge in [-0.1, -0.05) is 17.7 Å². The number of phenols is 1. The normalized spacial score (nSPS) is 15.7. The third kappa shape index (κ3) is 5.24. The van der Waals surface area contributed by atoms with E-state index >= 15 is 0 Å². The predicted molar refractivity (Wildman–Crippen MR) is 140 cm³/mol. The fourth-order valence-corrected chi connectivity index (χ4v) is 5.04. The molecule has 0 bridgehead atoms. The van der Waals surface area contributed by atoms with Crippen molar-refractivity contribution in [2.24, 2.45) is 0 Å². The average molecular weight is 544 g/mol. The Morgan fingerprint density at radius 1 is 1.18 bits per heavy atom. The topological polar surface area (TPSA) is 83.3 Å². The van der Waals surface area contributed by atoms with Gasteiger partial charge >= 0.3 is 6.18 Å². The van der Waals surface area contributed by atoms with Gasteiger partial charge in [0.05, 0.1) is 16.6 Å². The van der Waals surface area contributed by atoms with Gasteiger partial charge in [-0.15, -0.1) is 0 Å². The summed E-state index contributed by atoms with van der Waals surface area (Å²) in [6, 6.07) is 8.39. The first-order valence-electron chi connectivity index (χ1n) is 12.0. The van der Waals surface area contributed by atoms with Crippen LogP contribution in [-0.2, 0) is 12.7 Å². The van der Waals surface area contributed by atoms with Crippen LogP contribution in [0, 0.1) is 6.92 Å². The van der Waals surface area contributed by atoms with Gasteiger partial charge in [-0.25, -0.2) is 9.97 Å². The average Bonchev–Trinajstić information content (AvgIpc) is 2.80. The molecule has 0 spiro atoms. The molecule has 0 amide bonds. The van der Waals surface area contributed by atoms with E-state index in [2.05, 4.69) is 20.2 Å². The van der Waals surface area contributed by atoms with Crippen molar-refractivity contribution in [3.8, 4) is 22.6 Å². The van der Waals surface area contributed by atoms with Gasteiger partial charge in [0.2, 0.25) is 0 Å². The van der Waals surface area contributed by atoms with Crippen LogP contribution < -0.4 is 10.9 Å². The Balaban J connectivity index is 1.72. The molecule has 198 valence electrons. The van der Waals surface area contributed by atoms with E-state index in [4.69, 9.17) is 11.6 Å². The lowest BCUT2D eigenvalue weighted by molar-refractivity contribution is -0.137. The van der Waals surface area contributed by atoms with Crippen LogP contribution in [-0.4, -0.2) is 50.7 Å². The zero-order valence-corrected chi connectivity index (χ0v) is 21.4. The number of nitrogens with zero attached hydrogens (tertiary/aromatic N) is 4. The minimum absolute atomic E-state index is 0.154. The monoisotopic (exact) mass is 543 g/mol. The Bertz CT molecular complexity index is 1560. The second-order valence-corrected chi connectivity index (χ2v) is 10.1. The fourth-order valence-electron chi connectivity index (χ4n) is 4.75. The highest BCUT2D eigenvalue weighted by Crippen LogP contribution is 2.34. The third-order valence-corrected chi connectivity index (χ3v) is 6.86. The maximum absolute atomic E-state index is 13.9. The molecular formula is C27H25ClF3N5O2. The lowest BCUT2D eigenvalue weighted by atomic mass is 9.97. The minimum atomic E-state index is -4.70. The van der Waals surface area contributed by atoms with Gasteiger partial charge in [0, 0.05) is 42.0 Å². The van der Waals surface area contributed by atoms with Crippen LogP contribution in [0.4, 0.5) is 13.2 Å². The van der Waals surface area contributed by atoms with Gasteiger partial charge in [-0.3, -0.25) is 9.36 Å². The molecule has 0 unspecified atom stereocenters. The molecule has 1 saturated heterocycles. The summed E-state index contributed by atoms with van der Waals surface area (Å²) < 4.78 is 41.3. The molecule has 1 fully saturated rings. The SMILES string of the molecule is Cc1cc(Cl)cc(-c2cnc3ncn(-c4cc(O)cc(C(F)(F)F)c4)c(=O)c3c2CN(C)C[C@@H]2CCN2)c1. The maximum atomic E-state index is 13.9. The number of aryl methyl sites for hydroxylation is 1. The number of benzene rings is 2. The Hall–Kier alpha value is -3.47. The first-order chi connectivity index (χ1) is 18.0. The van der Waals surface area contributed by atoms with Crippen molar-refractivity contribution >= 4 is 22.6 Å². The van der Waals surface area contributed by atoms with Crippen molar-refractivity contribution in [3.05, 3.63) is 81.0 Å². The van der Waals surface area contributed by atoms with E-state index in [1.54, 1.807) is 12.3 Å². The molecule has 7 nitrogen and oxygen atoms in total. The second-order valence-electron chi connectivity index (χ2n) is 9.66. The Labute approximate surface area is 221 Å². The number of nitrogens with one attached hydrogen (secondary N) is 1. The van der Waals surface area contributed by atoms with E-state index in [9.17, 15) is 23.1 Å². The van der Waals surface area contributed by atoms with Crippen LogP contribution in [0.25, 0.3) is 27.8 Å². The van der Waals surface area contributed by atoms with Crippen molar-refractivity contribution in [1.82, 2.24) is 24.8 Å². The number of aromatic nitrogens is 3. The van der Waals surface area contributed by atoms with Crippen molar-refractivity contribution in [1.29, 1.82) is 0 Å². The highest BCUT2D eigenvalue weighted by molar-refractivity contribution is 6.31. The lowest BCUT2D eigenvalue weighted by Crippen LogP contribution is -2.49. The maximum Gasteiger partial charge on any atom is 0.416 e. The molecule has 2 aromatic heterocycles. The van der Waals surface area contributed by atoms with Gasteiger partial charge in [0.25, 0.3) is 5.56 Å². The zero-order chi connectivity index (χ0) is 27.2. The van der Waals surface area contributed by atoms with Crippen LogP contribution in [0.2, 0.25) is 5.02 Å². The van der Waals surface area contributed by atoms with Crippen LogP contribution >= 0.6 is 11.6 Å². The van der Waals surface area contributed by atoms with Crippen LogP contribution in [0.1, 0.15) is 23.1 Å². The molecule has 2 N–H and O–H groups in total. The third-order valence-electron chi connectivity index (χ3n) is 6.64. The quantitative estimate of drug-likeness (QED) is 0.359. The van der Waals surface area contributed by atoms with E-state index in [-0.39, 0.29) is 16.7 Å². The number of hydrogen-bond acceptors (Lipinski definition) is 6. The molecule has 0 aliphatic carbocycles. The Kier molecular flexibility index (Phi) is 6.89. The van der Waals surface area contributed by atoms with Crippen LogP contribution in [0.15, 0.2) is 53.7 Å². The molecule has 3 heterocycles. The molecule has 2 aromatic carbocycles. The predicted octanol–water partition coefficient (Wildman–Crippen LogP) is 4.93. The van der Waals surface area contributed by atoms with Gasteiger partial charge in [0.15, 0.2) is 5.65 Å². The Morgan fingerprint density at radius 3 is 2.61 bits per heavy atom. The summed E-state index contributed by atoms with van der Waals surface area (Å²) in [7, 11) is 1.94. The molecular weight excluding hydrogens is 519 g/mol. The standard InChI is InChI=1S/C27H25ClF3N5O2/c1-15-5-16(7-18(28)6-15)22-11-33-25-24(23(22)13-35(2)12-19-3-4-32-19)26(38)36(14-34-25)20-8-17(27(29,30)31)9-21(37)10-20/h5-11,14,19,32,37H,3-4,12-13H2,1-2H3/t19-/m0/s1. The van der Waals surface area contributed by atoms with Crippen molar-refractivity contribution < 1.29 is 18.3 Å². The number of halogens is 4. The summed E-state index contributed by atoms with van der Waals surface area (Å²) in [6.45, 7) is 3.98. The van der Waals surface area contributed by atoms with E-state index in [0.717, 1.165) is 53.7 Å². The minimum Gasteiger partial charge on any atom is -0.508 e. The van der Waals surface area contributed by atoms with E-state index in [1.807, 2.05) is 26.1 Å². The highest BCUT2D eigenvalue weighted by atomic mass is 35.5. The number of phenolic OH excluding ortho intramolecular Hbond substituents is 1. The molecule has 38 heavy (non-hydrogen) atoms. The number of fused-ring (bicyclic) bond motifs is 1. The van der Waals surface area contributed by atoms with Gasteiger partial charge < -0.3 is 15.3 Å². The number of alkyl halides is 3. The lowest BCUT2D eigenvalue weighted by Gasteiger charge is -2.32. The van der Waals surface area contributed by atoms with Gasteiger partial charge in [-0.2, -0.15) is 13.2 Å². The van der Waals surface area contributed by atoms with Crippen molar-refractivity contribution in [3.63, 3.8) is 0 Å².